The molecule has 0 spiro atoms. The number of ether oxygens (including phenoxy) is 1. The van der Waals surface area contributed by atoms with Crippen molar-refractivity contribution in [2.24, 2.45) is 0 Å². The Morgan fingerprint density at radius 1 is 1.33 bits per heavy atom. The predicted molar refractivity (Wildman–Crippen MR) is 51.0 cm³/mol. The number of hydrogen-bond donors (Lipinski definition) is 0. The summed E-state index contributed by atoms with van der Waals surface area (Å²) in [6.07, 6.45) is 0. The van der Waals surface area contributed by atoms with Gasteiger partial charge in [-0.25, -0.2) is 0 Å². The lowest BCUT2D eigenvalue weighted by Gasteiger charge is -2.16. The van der Waals surface area contributed by atoms with Crippen molar-refractivity contribution in [1.82, 2.24) is 0 Å². The molecule has 0 heterocycles. The molecule has 0 N–H and O–H groups in total. The third-order valence-electron chi connectivity index (χ3n) is 1.34. The van der Waals surface area contributed by atoms with Crippen molar-refractivity contribution in [3.8, 4) is 5.75 Å². The summed E-state index contributed by atoms with van der Waals surface area (Å²) in [4.78, 5) is 0. The fraction of sp³-hybridized carbons (Fsp3) is 0.333. The minimum atomic E-state index is -1.69. The molecule has 2 unspecified atom stereocenters. The van der Waals surface area contributed by atoms with E-state index in [1.807, 2.05) is 28.3 Å². The van der Waals surface area contributed by atoms with Gasteiger partial charge < -0.3 is 4.74 Å². The van der Waals surface area contributed by atoms with E-state index in [0.717, 1.165) is 5.56 Å². The first-order valence-corrected chi connectivity index (χ1v) is 4.28. The van der Waals surface area contributed by atoms with E-state index in [1.54, 1.807) is 12.1 Å². The predicted octanol–water partition coefficient (Wildman–Crippen LogP) is 2.89. The lowest BCUT2D eigenvalue weighted by Crippen LogP contribution is -2.16. The van der Waals surface area contributed by atoms with Gasteiger partial charge in [-0.05, 0) is 19.1 Å². The third kappa shape index (κ3) is 3.19. The monoisotopic (exact) mass is 186 g/mol. The van der Waals surface area contributed by atoms with Gasteiger partial charge in [0.15, 0.2) is 0 Å². The van der Waals surface area contributed by atoms with Crippen LogP contribution in [0.1, 0.15) is 12.5 Å². The van der Waals surface area contributed by atoms with Crippen molar-refractivity contribution in [1.29, 1.82) is 0 Å². The van der Waals surface area contributed by atoms with Gasteiger partial charge in [-0.2, -0.15) is 4.39 Å². The lowest BCUT2D eigenvalue weighted by molar-refractivity contribution is 0.0473. The summed E-state index contributed by atoms with van der Waals surface area (Å²) in [5.41, 5.74) is -0.554. The number of aryl methyl sites for hydroxylation is 1. The Balaban J connectivity index is 2.71. The molecule has 1 aromatic rings. The van der Waals surface area contributed by atoms with Crippen molar-refractivity contribution < 1.29 is 9.13 Å². The Kier molecular flexibility index (Phi) is 2.69. The standard InChI is InChI=1S/C9H12FOP/c1-7-3-5-8(6-4-7)11-9(2,10)12/h3-6H,12H2,1-2H3. The molecule has 0 aliphatic carbocycles. The Morgan fingerprint density at radius 3 is 2.25 bits per heavy atom. The number of alkyl halides is 1. The highest BCUT2D eigenvalue weighted by atomic mass is 31.0. The Labute approximate surface area is 74.1 Å². The second-order valence-electron chi connectivity index (χ2n) is 2.90. The summed E-state index contributed by atoms with van der Waals surface area (Å²) in [7, 11) is 1.99. The average molecular weight is 186 g/mol. The SMILES string of the molecule is Cc1ccc(OC(C)(F)P)cc1. The van der Waals surface area contributed by atoms with E-state index in [9.17, 15) is 4.39 Å². The van der Waals surface area contributed by atoms with E-state index in [4.69, 9.17) is 4.74 Å². The zero-order valence-corrected chi connectivity index (χ0v) is 8.33. The van der Waals surface area contributed by atoms with Gasteiger partial charge >= 0.3 is 0 Å². The van der Waals surface area contributed by atoms with Crippen molar-refractivity contribution in [3.05, 3.63) is 29.8 Å². The summed E-state index contributed by atoms with van der Waals surface area (Å²) in [5, 5.41) is 0. The zero-order valence-electron chi connectivity index (χ0n) is 7.17. The van der Waals surface area contributed by atoms with Crippen molar-refractivity contribution in [2.45, 2.75) is 19.4 Å². The second kappa shape index (κ2) is 3.40. The zero-order chi connectivity index (χ0) is 9.19. The van der Waals surface area contributed by atoms with Crippen LogP contribution in [0.3, 0.4) is 0 Å². The fourth-order valence-corrected chi connectivity index (χ4v) is 0.973. The van der Waals surface area contributed by atoms with E-state index in [-0.39, 0.29) is 0 Å². The van der Waals surface area contributed by atoms with Crippen molar-refractivity contribution >= 4 is 9.24 Å². The molecule has 1 nitrogen and oxygen atoms in total. The molecular weight excluding hydrogens is 174 g/mol. The first-order chi connectivity index (χ1) is 5.47. The lowest BCUT2D eigenvalue weighted by atomic mass is 10.2. The number of halogens is 1. The molecule has 12 heavy (non-hydrogen) atoms. The van der Waals surface area contributed by atoms with Crippen LogP contribution in [0.15, 0.2) is 24.3 Å². The summed E-state index contributed by atoms with van der Waals surface area (Å²) >= 11 is 0. The largest absolute Gasteiger partial charge is 0.455 e. The van der Waals surface area contributed by atoms with Gasteiger partial charge in [0.05, 0.1) is 0 Å². The maximum atomic E-state index is 12.9. The van der Waals surface area contributed by atoms with Gasteiger partial charge in [0.25, 0.3) is 5.60 Å². The van der Waals surface area contributed by atoms with Gasteiger partial charge in [-0.15, -0.1) is 0 Å². The van der Waals surface area contributed by atoms with Gasteiger partial charge in [0.2, 0.25) is 0 Å². The van der Waals surface area contributed by atoms with E-state index < -0.39 is 5.60 Å². The Bertz CT molecular complexity index is 250. The highest BCUT2D eigenvalue weighted by Gasteiger charge is 2.16. The highest BCUT2D eigenvalue weighted by molar-refractivity contribution is 7.18. The molecule has 0 fully saturated rings. The second-order valence-corrected chi connectivity index (χ2v) is 3.93. The molecule has 0 saturated carbocycles. The van der Waals surface area contributed by atoms with E-state index >= 15 is 0 Å². The first-order valence-electron chi connectivity index (χ1n) is 3.71. The molecule has 1 aromatic carbocycles. The topological polar surface area (TPSA) is 9.23 Å². The van der Waals surface area contributed by atoms with Crippen LogP contribution in [0.25, 0.3) is 0 Å². The van der Waals surface area contributed by atoms with Crippen LogP contribution in [-0.4, -0.2) is 5.60 Å². The van der Waals surface area contributed by atoms with Crippen LogP contribution < -0.4 is 4.74 Å². The van der Waals surface area contributed by atoms with E-state index in [0.29, 0.717) is 5.75 Å². The summed E-state index contributed by atoms with van der Waals surface area (Å²) in [6.45, 7) is 3.32. The maximum Gasteiger partial charge on any atom is 0.256 e. The van der Waals surface area contributed by atoms with Crippen LogP contribution >= 0.6 is 9.24 Å². The number of benzene rings is 1. The number of hydrogen-bond acceptors (Lipinski definition) is 1. The summed E-state index contributed by atoms with van der Waals surface area (Å²) in [6, 6.07) is 7.26. The molecule has 66 valence electrons. The fourth-order valence-electron chi connectivity index (χ4n) is 0.837. The van der Waals surface area contributed by atoms with Gasteiger partial charge in [0.1, 0.15) is 5.75 Å². The van der Waals surface area contributed by atoms with Crippen molar-refractivity contribution in [2.75, 3.05) is 0 Å². The van der Waals surface area contributed by atoms with Crippen LogP contribution in [-0.2, 0) is 0 Å². The molecule has 3 heteroatoms. The average Bonchev–Trinajstić information content (AvgIpc) is 1.91. The molecule has 0 aliphatic heterocycles. The minimum absolute atomic E-state index is 0.542. The van der Waals surface area contributed by atoms with Crippen molar-refractivity contribution in [3.63, 3.8) is 0 Å². The Hall–Kier alpha value is -0.620. The molecule has 2 atom stereocenters. The number of rotatable bonds is 2. The van der Waals surface area contributed by atoms with E-state index in [2.05, 4.69) is 0 Å². The van der Waals surface area contributed by atoms with E-state index in [1.165, 1.54) is 6.92 Å². The van der Waals surface area contributed by atoms with Crippen LogP contribution in [0.2, 0.25) is 0 Å². The maximum absolute atomic E-state index is 12.9. The quantitative estimate of drug-likeness (QED) is 0.645. The molecule has 0 saturated heterocycles. The third-order valence-corrected chi connectivity index (χ3v) is 1.46. The van der Waals surface area contributed by atoms with Gasteiger partial charge in [-0.1, -0.05) is 26.9 Å². The molecular formula is C9H12FOP. The molecule has 0 amide bonds. The first kappa shape index (κ1) is 9.47. The molecule has 1 rings (SSSR count). The van der Waals surface area contributed by atoms with Crippen LogP contribution in [0, 0.1) is 6.92 Å². The summed E-state index contributed by atoms with van der Waals surface area (Å²) < 4.78 is 17.9. The van der Waals surface area contributed by atoms with Gasteiger partial charge in [0, 0.05) is 6.92 Å². The molecule has 0 aliphatic rings. The molecule has 0 radical (unpaired) electrons. The summed E-state index contributed by atoms with van der Waals surface area (Å²) in [5.74, 6) is 0.542. The highest BCUT2D eigenvalue weighted by Crippen LogP contribution is 2.24. The minimum Gasteiger partial charge on any atom is -0.455 e. The smallest absolute Gasteiger partial charge is 0.256 e. The van der Waals surface area contributed by atoms with Gasteiger partial charge in [-0.3, -0.25) is 0 Å². The van der Waals surface area contributed by atoms with Crippen LogP contribution in [0.4, 0.5) is 4.39 Å². The molecule has 0 aromatic heterocycles. The molecule has 0 bridgehead atoms. The van der Waals surface area contributed by atoms with Crippen LogP contribution in [0.5, 0.6) is 5.75 Å². The Morgan fingerprint density at radius 2 is 1.83 bits per heavy atom. The normalized spacial score (nSPS) is 15.3.